The van der Waals surface area contributed by atoms with Gasteiger partial charge in [0.05, 0.1) is 6.10 Å². The minimum Gasteiger partial charge on any atom is -0.468 e. The SMILES string of the molecule is O[C@H]1CCc2cc(OCOCC(F)(F)F)ccc21. The first kappa shape index (κ1) is 13.2. The molecule has 0 fully saturated rings. The van der Waals surface area contributed by atoms with Crippen molar-refractivity contribution in [2.75, 3.05) is 13.4 Å². The van der Waals surface area contributed by atoms with Crippen molar-refractivity contribution in [1.82, 2.24) is 0 Å². The molecule has 0 aliphatic heterocycles. The number of halogens is 3. The third kappa shape index (κ3) is 3.36. The van der Waals surface area contributed by atoms with Crippen molar-refractivity contribution < 1.29 is 27.8 Å². The lowest BCUT2D eigenvalue weighted by atomic mass is 10.1. The number of fused-ring (bicyclic) bond motifs is 1. The quantitative estimate of drug-likeness (QED) is 0.669. The number of benzene rings is 1. The molecule has 0 aromatic heterocycles. The number of aliphatic hydroxyl groups is 1. The number of hydrogen-bond donors (Lipinski definition) is 1. The van der Waals surface area contributed by atoms with E-state index in [0.717, 1.165) is 17.5 Å². The summed E-state index contributed by atoms with van der Waals surface area (Å²) in [6.07, 6.45) is -3.37. The molecule has 1 aromatic rings. The molecule has 0 amide bonds. The van der Waals surface area contributed by atoms with Crippen LogP contribution in [0.15, 0.2) is 18.2 Å². The molecular weight excluding hydrogens is 249 g/mol. The third-order valence-electron chi connectivity index (χ3n) is 2.74. The molecule has 0 spiro atoms. The van der Waals surface area contributed by atoms with Gasteiger partial charge in [0.15, 0.2) is 6.79 Å². The van der Waals surface area contributed by atoms with Crippen LogP contribution in [0, 0.1) is 0 Å². The van der Waals surface area contributed by atoms with Crippen LogP contribution in [0.1, 0.15) is 23.7 Å². The van der Waals surface area contributed by atoms with Gasteiger partial charge in [-0.2, -0.15) is 13.2 Å². The summed E-state index contributed by atoms with van der Waals surface area (Å²) in [6, 6.07) is 5.07. The van der Waals surface area contributed by atoms with Gasteiger partial charge in [-0.25, -0.2) is 0 Å². The first-order valence-electron chi connectivity index (χ1n) is 5.54. The number of aryl methyl sites for hydroxylation is 1. The Labute approximate surface area is 102 Å². The Kier molecular flexibility index (Phi) is 3.77. The van der Waals surface area contributed by atoms with Crippen LogP contribution in [0.5, 0.6) is 5.75 Å². The Balaban J connectivity index is 1.84. The molecule has 3 nitrogen and oxygen atoms in total. The molecule has 2 rings (SSSR count). The minimum atomic E-state index is -4.34. The average molecular weight is 262 g/mol. The smallest absolute Gasteiger partial charge is 0.411 e. The Morgan fingerprint density at radius 3 is 2.83 bits per heavy atom. The molecule has 0 unspecified atom stereocenters. The highest BCUT2D eigenvalue weighted by Crippen LogP contribution is 2.33. The highest BCUT2D eigenvalue weighted by atomic mass is 19.4. The van der Waals surface area contributed by atoms with Crippen molar-refractivity contribution in [3.05, 3.63) is 29.3 Å². The summed E-state index contributed by atoms with van der Waals surface area (Å²) in [4.78, 5) is 0. The van der Waals surface area contributed by atoms with Gasteiger partial charge in [0.2, 0.25) is 0 Å². The number of hydrogen-bond acceptors (Lipinski definition) is 3. The molecule has 6 heteroatoms. The lowest BCUT2D eigenvalue weighted by Gasteiger charge is -2.10. The maximum absolute atomic E-state index is 11.8. The maximum Gasteiger partial charge on any atom is 0.411 e. The van der Waals surface area contributed by atoms with Crippen molar-refractivity contribution in [2.24, 2.45) is 0 Å². The molecular formula is C12H13F3O3. The van der Waals surface area contributed by atoms with Crippen molar-refractivity contribution in [2.45, 2.75) is 25.1 Å². The Morgan fingerprint density at radius 2 is 2.11 bits per heavy atom. The number of aliphatic hydroxyl groups excluding tert-OH is 1. The molecule has 100 valence electrons. The zero-order valence-electron chi connectivity index (χ0n) is 9.54. The highest BCUT2D eigenvalue weighted by molar-refractivity contribution is 5.39. The van der Waals surface area contributed by atoms with Gasteiger partial charge < -0.3 is 14.6 Å². The van der Waals surface area contributed by atoms with E-state index in [9.17, 15) is 18.3 Å². The summed E-state index contributed by atoms with van der Waals surface area (Å²) in [5.74, 6) is 0.449. The second kappa shape index (κ2) is 5.16. The predicted octanol–water partition coefficient (Wildman–Crippen LogP) is 2.58. The highest BCUT2D eigenvalue weighted by Gasteiger charge is 2.27. The van der Waals surface area contributed by atoms with Gasteiger partial charge in [-0.1, -0.05) is 6.07 Å². The van der Waals surface area contributed by atoms with Crippen LogP contribution in [0.25, 0.3) is 0 Å². The van der Waals surface area contributed by atoms with Crippen LogP contribution in [0.4, 0.5) is 13.2 Å². The van der Waals surface area contributed by atoms with Gasteiger partial charge in [0.25, 0.3) is 0 Å². The molecule has 18 heavy (non-hydrogen) atoms. The summed E-state index contributed by atoms with van der Waals surface area (Å²) in [7, 11) is 0. The molecule has 1 N–H and O–H groups in total. The summed E-state index contributed by atoms with van der Waals surface area (Å²) in [5, 5.41) is 9.59. The molecule has 0 radical (unpaired) electrons. The van der Waals surface area contributed by atoms with Crippen LogP contribution < -0.4 is 4.74 Å². The Hall–Kier alpha value is -1.27. The predicted molar refractivity (Wildman–Crippen MR) is 57.2 cm³/mol. The van der Waals surface area contributed by atoms with E-state index in [0.29, 0.717) is 12.2 Å². The first-order chi connectivity index (χ1) is 8.46. The summed E-state index contributed by atoms with van der Waals surface area (Å²) in [6.45, 7) is -1.77. The molecule has 0 saturated heterocycles. The number of ether oxygens (including phenoxy) is 2. The van der Waals surface area contributed by atoms with E-state index in [1.807, 2.05) is 0 Å². The van der Waals surface area contributed by atoms with Gasteiger partial charge in [0, 0.05) is 0 Å². The summed E-state index contributed by atoms with van der Waals surface area (Å²) < 4.78 is 44.8. The molecule has 1 atom stereocenters. The average Bonchev–Trinajstić information content (AvgIpc) is 2.65. The van der Waals surface area contributed by atoms with Gasteiger partial charge in [-0.3, -0.25) is 0 Å². The Bertz CT molecular complexity index is 418. The fraction of sp³-hybridized carbons (Fsp3) is 0.500. The number of alkyl halides is 3. The van der Waals surface area contributed by atoms with E-state index < -0.39 is 25.7 Å². The summed E-state index contributed by atoms with van der Waals surface area (Å²) >= 11 is 0. The van der Waals surface area contributed by atoms with E-state index in [4.69, 9.17) is 4.74 Å². The van der Waals surface area contributed by atoms with Gasteiger partial charge in [-0.15, -0.1) is 0 Å². The van der Waals surface area contributed by atoms with Crippen molar-refractivity contribution >= 4 is 0 Å². The zero-order valence-corrected chi connectivity index (χ0v) is 9.54. The minimum absolute atomic E-state index is 0.444. The normalized spacial score (nSPS) is 18.8. The monoisotopic (exact) mass is 262 g/mol. The first-order valence-corrected chi connectivity index (χ1v) is 5.54. The zero-order chi connectivity index (χ0) is 13.2. The van der Waals surface area contributed by atoms with E-state index in [1.165, 1.54) is 0 Å². The van der Waals surface area contributed by atoms with Crippen LogP contribution in [0.3, 0.4) is 0 Å². The summed E-state index contributed by atoms with van der Waals surface area (Å²) in [5.41, 5.74) is 1.83. The van der Waals surface area contributed by atoms with E-state index in [-0.39, 0.29) is 0 Å². The van der Waals surface area contributed by atoms with Crippen LogP contribution in [-0.2, 0) is 11.2 Å². The molecule has 0 heterocycles. The second-order valence-electron chi connectivity index (χ2n) is 4.14. The molecule has 1 aromatic carbocycles. The second-order valence-corrected chi connectivity index (χ2v) is 4.14. The Morgan fingerprint density at radius 1 is 1.33 bits per heavy atom. The standard InChI is InChI=1S/C12H13F3O3/c13-12(14,15)6-17-7-18-9-2-3-10-8(5-9)1-4-11(10)16/h2-3,5,11,16H,1,4,6-7H2/t11-/m0/s1. The molecule has 0 bridgehead atoms. The maximum atomic E-state index is 11.8. The number of rotatable bonds is 4. The fourth-order valence-electron chi connectivity index (χ4n) is 1.93. The fourth-order valence-corrected chi connectivity index (χ4v) is 1.93. The van der Waals surface area contributed by atoms with Crippen molar-refractivity contribution in [3.8, 4) is 5.75 Å². The van der Waals surface area contributed by atoms with Gasteiger partial charge >= 0.3 is 6.18 Å². The van der Waals surface area contributed by atoms with Gasteiger partial charge in [0.1, 0.15) is 12.4 Å². The largest absolute Gasteiger partial charge is 0.468 e. The van der Waals surface area contributed by atoms with Crippen LogP contribution >= 0.6 is 0 Å². The van der Waals surface area contributed by atoms with E-state index >= 15 is 0 Å². The molecule has 1 aliphatic rings. The van der Waals surface area contributed by atoms with E-state index in [1.54, 1.807) is 18.2 Å². The van der Waals surface area contributed by atoms with E-state index in [2.05, 4.69) is 4.74 Å². The van der Waals surface area contributed by atoms with Crippen molar-refractivity contribution in [1.29, 1.82) is 0 Å². The van der Waals surface area contributed by atoms with Crippen LogP contribution in [-0.4, -0.2) is 24.7 Å². The van der Waals surface area contributed by atoms with Gasteiger partial charge in [-0.05, 0) is 36.1 Å². The topological polar surface area (TPSA) is 38.7 Å². The van der Waals surface area contributed by atoms with Crippen LogP contribution in [0.2, 0.25) is 0 Å². The molecule has 0 saturated carbocycles. The van der Waals surface area contributed by atoms with Crippen molar-refractivity contribution in [3.63, 3.8) is 0 Å². The molecule has 1 aliphatic carbocycles. The third-order valence-corrected chi connectivity index (χ3v) is 2.74. The lowest BCUT2D eigenvalue weighted by molar-refractivity contribution is -0.186. The lowest BCUT2D eigenvalue weighted by Crippen LogP contribution is -2.19.